The summed E-state index contributed by atoms with van der Waals surface area (Å²) in [6.07, 6.45) is -1.03. The Morgan fingerprint density at radius 3 is 2.80 bits per heavy atom. The number of benzene rings is 1. The summed E-state index contributed by atoms with van der Waals surface area (Å²) in [7, 11) is 0. The predicted octanol–water partition coefficient (Wildman–Crippen LogP) is 1.84. The first-order valence-electron chi connectivity index (χ1n) is 7.83. The molecule has 130 valence electrons. The largest absolute Gasteiger partial charge is 0.452 e. The number of rotatable bonds is 5. The Balaban J connectivity index is 1.56. The van der Waals surface area contributed by atoms with E-state index in [1.807, 2.05) is 30.3 Å². The molecule has 1 unspecified atom stereocenters. The lowest BCUT2D eigenvalue weighted by Gasteiger charge is -2.17. The molecule has 3 amide bonds. The van der Waals surface area contributed by atoms with Crippen molar-refractivity contribution in [2.24, 2.45) is 0 Å². The summed E-state index contributed by atoms with van der Waals surface area (Å²) in [5.41, 5.74) is 1.57. The average Bonchev–Trinajstić information content (AvgIpc) is 3.24. The van der Waals surface area contributed by atoms with Crippen LogP contribution in [0.5, 0.6) is 0 Å². The normalized spacial score (nSPS) is 14.9. The highest BCUT2D eigenvalue weighted by Gasteiger charge is 2.31. The lowest BCUT2D eigenvalue weighted by Crippen LogP contribution is -2.42. The van der Waals surface area contributed by atoms with Crippen LogP contribution in [0.4, 0.5) is 4.79 Å². The Kier molecular flexibility index (Phi) is 5.08. The van der Waals surface area contributed by atoms with Crippen molar-refractivity contribution in [3.8, 4) is 10.6 Å². The molecule has 1 aliphatic heterocycles. The summed E-state index contributed by atoms with van der Waals surface area (Å²) in [6.45, 7) is 2.15. The number of nitrogens with zero attached hydrogens (tertiary/aromatic N) is 2. The van der Waals surface area contributed by atoms with Crippen LogP contribution in [0.25, 0.3) is 10.6 Å². The molecule has 0 aliphatic carbocycles. The van der Waals surface area contributed by atoms with Crippen LogP contribution >= 0.6 is 11.3 Å². The zero-order chi connectivity index (χ0) is 17.8. The van der Waals surface area contributed by atoms with Gasteiger partial charge in [-0.15, -0.1) is 11.3 Å². The number of carbonyl (C=O) groups excluding carboxylic acids is 3. The van der Waals surface area contributed by atoms with Gasteiger partial charge in [0.15, 0.2) is 6.10 Å². The maximum atomic E-state index is 12.1. The highest BCUT2D eigenvalue weighted by atomic mass is 32.1. The predicted molar refractivity (Wildman–Crippen MR) is 91.9 cm³/mol. The zero-order valence-corrected chi connectivity index (χ0v) is 14.4. The van der Waals surface area contributed by atoms with E-state index < -0.39 is 24.0 Å². The van der Waals surface area contributed by atoms with E-state index in [1.165, 1.54) is 18.3 Å². The van der Waals surface area contributed by atoms with Crippen molar-refractivity contribution in [2.45, 2.75) is 19.4 Å². The fourth-order valence-electron chi connectivity index (χ4n) is 2.44. The number of thiazole rings is 1. The summed E-state index contributed by atoms with van der Waals surface area (Å²) in [5.74, 6) is -1.07. The lowest BCUT2D eigenvalue weighted by atomic mass is 10.2. The molecule has 2 aromatic rings. The fourth-order valence-corrected chi connectivity index (χ4v) is 3.27. The quantitative estimate of drug-likeness (QED) is 0.823. The Hall–Kier alpha value is -2.74. The van der Waals surface area contributed by atoms with Gasteiger partial charge in [0.05, 0.1) is 12.1 Å². The third-order valence-electron chi connectivity index (χ3n) is 3.68. The molecule has 1 aromatic heterocycles. The highest BCUT2D eigenvalue weighted by molar-refractivity contribution is 7.13. The number of aromatic nitrogens is 1. The summed E-state index contributed by atoms with van der Waals surface area (Å²) < 4.78 is 5.15. The molecule has 8 heteroatoms. The van der Waals surface area contributed by atoms with Crippen molar-refractivity contribution >= 4 is 29.2 Å². The van der Waals surface area contributed by atoms with E-state index >= 15 is 0 Å². The van der Waals surface area contributed by atoms with E-state index in [4.69, 9.17) is 4.74 Å². The van der Waals surface area contributed by atoms with Crippen LogP contribution in [0.3, 0.4) is 0 Å². The SMILES string of the molecule is CC(OC(=O)Cc1csc(-c2ccccc2)n1)C(=O)N1CCNC1=O. The summed E-state index contributed by atoms with van der Waals surface area (Å²) in [5, 5.41) is 5.15. The van der Waals surface area contributed by atoms with Crippen molar-refractivity contribution in [1.82, 2.24) is 15.2 Å². The van der Waals surface area contributed by atoms with E-state index in [9.17, 15) is 14.4 Å². The number of amides is 3. The number of urea groups is 1. The van der Waals surface area contributed by atoms with E-state index in [0.29, 0.717) is 12.2 Å². The molecule has 3 rings (SSSR count). The monoisotopic (exact) mass is 359 g/mol. The Bertz CT molecular complexity index is 790. The smallest absolute Gasteiger partial charge is 0.324 e. The Morgan fingerprint density at radius 1 is 1.36 bits per heavy atom. The van der Waals surface area contributed by atoms with Crippen molar-refractivity contribution < 1.29 is 19.1 Å². The van der Waals surface area contributed by atoms with E-state index in [1.54, 1.807) is 5.38 Å². The number of esters is 1. The summed E-state index contributed by atoms with van der Waals surface area (Å²) in [4.78, 5) is 41.1. The second kappa shape index (κ2) is 7.43. The first-order valence-corrected chi connectivity index (χ1v) is 8.71. The molecule has 0 radical (unpaired) electrons. The minimum Gasteiger partial charge on any atom is -0.452 e. The zero-order valence-electron chi connectivity index (χ0n) is 13.6. The number of imide groups is 1. The number of carbonyl (C=O) groups is 3. The van der Waals surface area contributed by atoms with Crippen LogP contribution in [0.2, 0.25) is 0 Å². The van der Waals surface area contributed by atoms with Crippen molar-refractivity contribution in [1.29, 1.82) is 0 Å². The molecule has 7 nitrogen and oxygen atoms in total. The number of ether oxygens (including phenoxy) is 1. The first-order chi connectivity index (χ1) is 12.0. The molecule has 0 bridgehead atoms. The maximum Gasteiger partial charge on any atom is 0.324 e. The van der Waals surface area contributed by atoms with E-state index in [2.05, 4.69) is 10.3 Å². The molecular weight excluding hydrogens is 342 g/mol. The first kappa shape index (κ1) is 17.1. The molecule has 1 aromatic carbocycles. The Labute approximate surface area is 148 Å². The van der Waals surface area contributed by atoms with Gasteiger partial charge in [0.1, 0.15) is 5.01 Å². The Morgan fingerprint density at radius 2 is 2.12 bits per heavy atom. The minimum absolute atomic E-state index is 0.0207. The molecule has 1 N–H and O–H groups in total. The molecular formula is C17H17N3O4S. The summed E-state index contributed by atoms with van der Waals surface area (Å²) in [6, 6.07) is 9.21. The van der Waals surface area contributed by atoms with Gasteiger partial charge >= 0.3 is 12.0 Å². The van der Waals surface area contributed by atoms with Gasteiger partial charge in [-0.2, -0.15) is 0 Å². The summed E-state index contributed by atoms with van der Waals surface area (Å²) >= 11 is 1.44. The van der Waals surface area contributed by atoms with Gasteiger partial charge in [0.25, 0.3) is 5.91 Å². The molecule has 1 fully saturated rings. The lowest BCUT2D eigenvalue weighted by molar-refractivity contribution is -0.156. The third kappa shape index (κ3) is 4.03. The van der Waals surface area contributed by atoms with Gasteiger partial charge in [0.2, 0.25) is 0 Å². The van der Waals surface area contributed by atoms with Crippen LogP contribution in [0.15, 0.2) is 35.7 Å². The molecule has 1 saturated heterocycles. The van der Waals surface area contributed by atoms with Crippen LogP contribution in [-0.4, -0.2) is 47.0 Å². The van der Waals surface area contributed by atoms with Gasteiger partial charge in [-0.1, -0.05) is 30.3 Å². The van der Waals surface area contributed by atoms with Gasteiger partial charge < -0.3 is 10.1 Å². The van der Waals surface area contributed by atoms with Crippen molar-refractivity contribution in [2.75, 3.05) is 13.1 Å². The van der Waals surface area contributed by atoms with Crippen LogP contribution in [0.1, 0.15) is 12.6 Å². The molecule has 1 atom stereocenters. The topological polar surface area (TPSA) is 88.6 Å². The van der Waals surface area contributed by atoms with E-state index in [-0.39, 0.29) is 13.0 Å². The minimum atomic E-state index is -1.01. The second-order valence-electron chi connectivity index (χ2n) is 5.54. The highest BCUT2D eigenvalue weighted by Crippen LogP contribution is 2.23. The molecule has 1 aliphatic rings. The third-order valence-corrected chi connectivity index (χ3v) is 4.62. The number of hydrogen-bond acceptors (Lipinski definition) is 6. The van der Waals surface area contributed by atoms with Gasteiger partial charge in [0, 0.05) is 24.0 Å². The number of nitrogens with one attached hydrogen (secondary N) is 1. The maximum absolute atomic E-state index is 12.1. The van der Waals surface area contributed by atoms with Gasteiger partial charge in [-0.25, -0.2) is 9.78 Å². The fraction of sp³-hybridized carbons (Fsp3) is 0.294. The molecule has 25 heavy (non-hydrogen) atoms. The van der Waals surface area contributed by atoms with Gasteiger partial charge in [-0.05, 0) is 6.92 Å². The van der Waals surface area contributed by atoms with Crippen LogP contribution < -0.4 is 5.32 Å². The standard InChI is InChI=1S/C17H17N3O4S/c1-11(16(22)20-8-7-18-17(20)23)24-14(21)9-13-10-25-15(19-13)12-5-3-2-4-6-12/h2-6,10-11H,7-9H2,1H3,(H,18,23). The van der Waals surface area contributed by atoms with Crippen LogP contribution in [-0.2, 0) is 20.7 Å². The molecule has 0 saturated carbocycles. The average molecular weight is 359 g/mol. The van der Waals surface area contributed by atoms with Crippen LogP contribution in [0, 0.1) is 0 Å². The molecule has 0 spiro atoms. The van der Waals surface area contributed by atoms with Crippen molar-refractivity contribution in [3.63, 3.8) is 0 Å². The molecule has 2 heterocycles. The second-order valence-corrected chi connectivity index (χ2v) is 6.40. The van der Waals surface area contributed by atoms with Gasteiger partial charge in [-0.3, -0.25) is 14.5 Å². The number of hydrogen-bond donors (Lipinski definition) is 1. The van der Waals surface area contributed by atoms with E-state index in [0.717, 1.165) is 15.5 Å². The van der Waals surface area contributed by atoms with Crippen molar-refractivity contribution in [3.05, 3.63) is 41.4 Å².